The van der Waals surface area contributed by atoms with Gasteiger partial charge in [-0.25, -0.2) is 0 Å². The Hall–Kier alpha value is -0.0400. The van der Waals surface area contributed by atoms with E-state index in [9.17, 15) is 0 Å². The molecule has 0 aliphatic carbocycles. The van der Waals surface area contributed by atoms with Crippen LogP contribution in [0.25, 0.3) is 0 Å². The van der Waals surface area contributed by atoms with Crippen LogP contribution >= 0.6 is 0 Å². The molecule has 0 fully saturated rings. The van der Waals surface area contributed by atoms with Gasteiger partial charge in [-0.3, -0.25) is 0 Å². The van der Waals surface area contributed by atoms with Gasteiger partial charge in [-0.05, 0) is 43.7 Å². The first-order chi connectivity index (χ1) is 8.02. The summed E-state index contributed by atoms with van der Waals surface area (Å²) in [5.41, 5.74) is 0. The molecule has 1 atom stereocenters. The first-order valence-corrected chi connectivity index (χ1v) is 7.73. The number of rotatable bonds is 11. The summed E-state index contributed by atoms with van der Waals surface area (Å²) in [6.07, 6.45) is 8.43. The fourth-order valence-electron chi connectivity index (χ4n) is 2.41. The minimum Gasteiger partial charge on any atom is -0.316 e. The SMILES string of the molecule is CC(C)CNCCCCCCC(C)CC(C)C. The lowest BCUT2D eigenvalue weighted by atomic mass is 9.93. The van der Waals surface area contributed by atoms with E-state index in [1.807, 2.05) is 0 Å². The summed E-state index contributed by atoms with van der Waals surface area (Å²) in [5.74, 6) is 2.58. The molecule has 0 rings (SSSR count). The smallest absolute Gasteiger partial charge is 0.00258 e. The summed E-state index contributed by atoms with van der Waals surface area (Å²) in [6, 6.07) is 0. The molecule has 104 valence electrons. The van der Waals surface area contributed by atoms with Gasteiger partial charge in [0, 0.05) is 0 Å². The van der Waals surface area contributed by atoms with Crippen molar-refractivity contribution in [3.8, 4) is 0 Å². The van der Waals surface area contributed by atoms with Crippen molar-refractivity contribution in [3.05, 3.63) is 0 Å². The average Bonchev–Trinajstić information content (AvgIpc) is 2.20. The van der Waals surface area contributed by atoms with Crippen LogP contribution in [-0.2, 0) is 0 Å². The van der Waals surface area contributed by atoms with Gasteiger partial charge in [0.2, 0.25) is 0 Å². The molecule has 0 aromatic rings. The number of hydrogen-bond acceptors (Lipinski definition) is 1. The molecule has 0 amide bonds. The molecule has 0 aliphatic heterocycles. The Kier molecular flexibility index (Phi) is 11.0. The van der Waals surface area contributed by atoms with Crippen LogP contribution in [0.4, 0.5) is 0 Å². The first-order valence-electron chi connectivity index (χ1n) is 7.73. The van der Waals surface area contributed by atoms with Gasteiger partial charge in [-0.15, -0.1) is 0 Å². The van der Waals surface area contributed by atoms with Crippen molar-refractivity contribution >= 4 is 0 Å². The van der Waals surface area contributed by atoms with E-state index in [1.54, 1.807) is 0 Å². The van der Waals surface area contributed by atoms with Crippen LogP contribution in [0.1, 0.15) is 73.1 Å². The summed E-state index contributed by atoms with van der Waals surface area (Å²) in [7, 11) is 0. The van der Waals surface area contributed by atoms with Crippen LogP contribution in [0.15, 0.2) is 0 Å². The lowest BCUT2D eigenvalue weighted by Crippen LogP contribution is -2.20. The van der Waals surface area contributed by atoms with Crippen molar-refractivity contribution in [2.45, 2.75) is 73.1 Å². The Balaban J connectivity index is 3.13. The first kappa shape index (κ1) is 17.0. The Morgan fingerprint density at radius 3 is 2.00 bits per heavy atom. The minimum absolute atomic E-state index is 0.784. The highest BCUT2D eigenvalue weighted by atomic mass is 14.8. The number of unbranched alkanes of at least 4 members (excludes halogenated alkanes) is 3. The number of nitrogens with one attached hydrogen (secondary N) is 1. The van der Waals surface area contributed by atoms with Crippen molar-refractivity contribution in [1.29, 1.82) is 0 Å². The van der Waals surface area contributed by atoms with Gasteiger partial charge in [-0.2, -0.15) is 0 Å². The van der Waals surface area contributed by atoms with Crippen molar-refractivity contribution < 1.29 is 0 Å². The standard InChI is InChI=1S/C16H35N/c1-14(2)12-16(5)10-8-6-7-9-11-17-13-15(3)4/h14-17H,6-13H2,1-5H3. The zero-order valence-electron chi connectivity index (χ0n) is 12.9. The second-order valence-electron chi connectivity index (χ2n) is 6.54. The maximum atomic E-state index is 3.51. The van der Waals surface area contributed by atoms with E-state index < -0.39 is 0 Å². The van der Waals surface area contributed by atoms with Crippen molar-refractivity contribution in [1.82, 2.24) is 5.32 Å². The lowest BCUT2D eigenvalue weighted by molar-refractivity contribution is 0.397. The van der Waals surface area contributed by atoms with Gasteiger partial charge in [0.1, 0.15) is 0 Å². The number of hydrogen-bond donors (Lipinski definition) is 1. The summed E-state index contributed by atoms with van der Waals surface area (Å²) in [6.45, 7) is 14.0. The van der Waals surface area contributed by atoms with Crippen LogP contribution in [0.3, 0.4) is 0 Å². The van der Waals surface area contributed by atoms with Gasteiger partial charge in [0.15, 0.2) is 0 Å². The molecule has 0 radical (unpaired) electrons. The highest BCUT2D eigenvalue weighted by molar-refractivity contribution is 4.57. The predicted molar refractivity (Wildman–Crippen MR) is 79.4 cm³/mol. The van der Waals surface area contributed by atoms with E-state index in [1.165, 1.54) is 51.6 Å². The maximum Gasteiger partial charge on any atom is -0.00258 e. The fraction of sp³-hybridized carbons (Fsp3) is 1.00. The molecule has 0 spiro atoms. The zero-order valence-corrected chi connectivity index (χ0v) is 12.9. The lowest BCUT2D eigenvalue weighted by Gasteiger charge is -2.13. The normalized spacial score (nSPS) is 13.6. The molecular formula is C16H35N. The summed E-state index contributed by atoms with van der Waals surface area (Å²) >= 11 is 0. The monoisotopic (exact) mass is 241 g/mol. The van der Waals surface area contributed by atoms with Gasteiger partial charge in [-0.1, -0.05) is 60.3 Å². The molecular weight excluding hydrogens is 206 g/mol. The van der Waals surface area contributed by atoms with Gasteiger partial charge in [0.05, 0.1) is 0 Å². The topological polar surface area (TPSA) is 12.0 Å². The Bertz CT molecular complexity index is 152. The summed E-state index contributed by atoms with van der Waals surface area (Å²) < 4.78 is 0. The highest BCUT2D eigenvalue weighted by Gasteiger charge is 2.04. The van der Waals surface area contributed by atoms with E-state index in [0.29, 0.717) is 0 Å². The second kappa shape index (κ2) is 11.1. The van der Waals surface area contributed by atoms with Crippen molar-refractivity contribution in [3.63, 3.8) is 0 Å². The molecule has 1 unspecified atom stereocenters. The molecule has 0 saturated carbocycles. The summed E-state index contributed by atoms with van der Waals surface area (Å²) in [4.78, 5) is 0. The second-order valence-corrected chi connectivity index (χ2v) is 6.54. The molecule has 0 aromatic heterocycles. The highest BCUT2D eigenvalue weighted by Crippen LogP contribution is 2.17. The third-order valence-corrected chi connectivity index (χ3v) is 3.23. The van der Waals surface area contributed by atoms with E-state index in [4.69, 9.17) is 0 Å². The third kappa shape index (κ3) is 13.9. The van der Waals surface area contributed by atoms with E-state index in [2.05, 4.69) is 39.9 Å². The molecule has 0 saturated heterocycles. The molecule has 1 nitrogen and oxygen atoms in total. The van der Waals surface area contributed by atoms with Gasteiger partial charge in [0.25, 0.3) is 0 Å². The molecule has 0 aliphatic rings. The van der Waals surface area contributed by atoms with Gasteiger partial charge >= 0.3 is 0 Å². The van der Waals surface area contributed by atoms with Crippen molar-refractivity contribution in [2.75, 3.05) is 13.1 Å². The summed E-state index contributed by atoms with van der Waals surface area (Å²) in [5, 5.41) is 3.51. The van der Waals surface area contributed by atoms with Crippen molar-refractivity contribution in [2.24, 2.45) is 17.8 Å². The Labute approximate surface area is 110 Å². The molecule has 0 heterocycles. The van der Waals surface area contributed by atoms with Crippen LogP contribution < -0.4 is 5.32 Å². The van der Waals surface area contributed by atoms with Gasteiger partial charge < -0.3 is 5.32 Å². The van der Waals surface area contributed by atoms with Crippen LogP contribution in [0.2, 0.25) is 0 Å². The van der Waals surface area contributed by atoms with E-state index >= 15 is 0 Å². The Morgan fingerprint density at radius 2 is 1.41 bits per heavy atom. The molecule has 1 heteroatoms. The average molecular weight is 241 g/mol. The zero-order chi connectivity index (χ0) is 13.1. The molecule has 0 bridgehead atoms. The maximum absolute atomic E-state index is 3.51. The quantitative estimate of drug-likeness (QED) is 0.509. The largest absolute Gasteiger partial charge is 0.316 e. The predicted octanol–water partition coefficient (Wildman–Crippen LogP) is 4.86. The minimum atomic E-state index is 0.784. The van der Waals surface area contributed by atoms with E-state index in [0.717, 1.165) is 17.8 Å². The molecule has 1 N–H and O–H groups in total. The Morgan fingerprint density at radius 1 is 0.765 bits per heavy atom. The fourth-order valence-corrected chi connectivity index (χ4v) is 2.41. The van der Waals surface area contributed by atoms with E-state index in [-0.39, 0.29) is 0 Å². The van der Waals surface area contributed by atoms with Crippen LogP contribution in [-0.4, -0.2) is 13.1 Å². The third-order valence-electron chi connectivity index (χ3n) is 3.23. The molecule has 0 aromatic carbocycles. The van der Waals surface area contributed by atoms with Crippen LogP contribution in [0.5, 0.6) is 0 Å². The molecule has 17 heavy (non-hydrogen) atoms. The van der Waals surface area contributed by atoms with Crippen LogP contribution in [0, 0.1) is 17.8 Å².